The molecule has 2 unspecified atom stereocenters. The number of hydrazine groups is 1. The SMILES string of the molecule is Cc1cccc(OCC(=O)NNC(=O)C2CC(Br)CN2)c1. The maximum atomic E-state index is 11.8. The van der Waals surface area contributed by atoms with Crippen molar-refractivity contribution in [3.63, 3.8) is 0 Å². The molecule has 1 aliphatic heterocycles. The summed E-state index contributed by atoms with van der Waals surface area (Å²) in [5.74, 6) is -0.0323. The van der Waals surface area contributed by atoms with Gasteiger partial charge in [0.25, 0.3) is 11.8 Å². The molecule has 0 aliphatic carbocycles. The van der Waals surface area contributed by atoms with E-state index in [2.05, 4.69) is 32.1 Å². The number of ether oxygens (including phenoxy) is 1. The van der Waals surface area contributed by atoms with Gasteiger partial charge in [0.1, 0.15) is 5.75 Å². The van der Waals surface area contributed by atoms with Gasteiger partial charge in [-0.15, -0.1) is 0 Å². The summed E-state index contributed by atoms with van der Waals surface area (Å²) in [5.41, 5.74) is 5.78. The molecule has 2 atom stereocenters. The summed E-state index contributed by atoms with van der Waals surface area (Å²) in [6, 6.07) is 7.13. The Morgan fingerprint density at radius 2 is 2.24 bits per heavy atom. The highest BCUT2D eigenvalue weighted by Crippen LogP contribution is 2.14. The lowest BCUT2D eigenvalue weighted by atomic mass is 10.2. The van der Waals surface area contributed by atoms with Crippen molar-refractivity contribution in [2.45, 2.75) is 24.2 Å². The van der Waals surface area contributed by atoms with Crippen LogP contribution in [0.1, 0.15) is 12.0 Å². The topological polar surface area (TPSA) is 79.5 Å². The quantitative estimate of drug-likeness (QED) is 0.547. The van der Waals surface area contributed by atoms with Gasteiger partial charge < -0.3 is 10.1 Å². The van der Waals surface area contributed by atoms with E-state index in [0.29, 0.717) is 12.2 Å². The molecule has 1 aromatic carbocycles. The summed E-state index contributed by atoms with van der Waals surface area (Å²) < 4.78 is 5.34. The van der Waals surface area contributed by atoms with Gasteiger partial charge in [-0.1, -0.05) is 28.1 Å². The number of alkyl halides is 1. The summed E-state index contributed by atoms with van der Waals surface area (Å²) in [6.07, 6.45) is 0.696. The third kappa shape index (κ3) is 5.02. The summed E-state index contributed by atoms with van der Waals surface area (Å²) in [5, 5.41) is 3.05. The van der Waals surface area contributed by atoms with Gasteiger partial charge in [-0.25, -0.2) is 0 Å². The van der Waals surface area contributed by atoms with Crippen molar-refractivity contribution < 1.29 is 14.3 Å². The Morgan fingerprint density at radius 3 is 2.90 bits per heavy atom. The predicted octanol–water partition coefficient (Wildman–Crippen LogP) is 0.647. The first-order valence-electron chi connectivity index (χ1n) is 6.70. The second kappa shape index (κ2) is 7.42. The molecule has 0 bridgehead atoms. The number of nitrogens with one attached hydrogen (secondary N) is 3. The van der Waals surface area contributed by atoms with E-state index >= 15 is 0 Å². The number of hydrogen-bond donors (Lipinski definition) is 3. The summed E-state index contributed by atoms with van der Waals surface area (Å²) in [4.78, 5) is 23.7. The Labute approximate surface area is 131 Å². The van der Waals surface area contributed by atoms with Gasteiger partial charge in [0, 0.05) is 11.4 Å². The second-order valence-electron chi connectivity index (χ2n) is 4.94. The molecule has 114 valence electrons. The minimum Gasteiger partial charge on any atom is -0.484 e. The highest BCUT2D eigenvalue weighted by molar-refractivity contribution is 9.09. The lowest BCUT2D eigenvalue weighted by molar-refractivity contribution is -0.130. The fourth-order valence-corrected chi connectivity index (χ4v) is 2.56. The molecule has 0 saturated carbocycles. The number of amides is 2. The maximum absolute atomic E-state index is 11.8. The van der Waals surface area contributed by atoms with E-state index in [1.54, 1.807) is 6.07 Å². The van der Waals surface area contributed by atoms with E-state index in [1.807, 2.05) is 25.1 Å². The van der Waals surface area contributed by atoms with Gasteiger partial charge in [0.05, 0.1) is 6.04 Å². The first-order chi connectivity index (χ1) is 10.0. The minimum absolute atomic E-state index is 0.150. The van der Waals surface area contributed by atoms with Crippen LogP contribution in [-0.4, -0.2) is 35.8 Å². The standard InChI is InChI=1S/C14H18BrN3O3/c1-9-3-2-4-11(5-9)21-8-13(19)17-18-14(20)12-6-10(15)7-16-12/h2-5,10,12,16H,6-8H2,1H3,(H,17,19)(H,18,20). The molecule has 1 heterocycles. The average molecular weight is 356 g/mol. The lowest BCUT2D eigenvalue weighted by Crippen LogP contribution is -2.50. The Bertz CT molecular complexity index is 524. The smallest absolute Gasteiger partial charge is 0.276 e. The van der Waals surface area contributed by atoms with Gasteiger partial charge in [-0.3, -0.25) is 20.4 Å². The largest absolute Gasteiger partial charge is 0.484 e. The van der Waals surface area contributed by atoms with E-state index in [4.69, 9.17) is 4.74 Å². The molecule has 0 aromatic heterocycles. The third-order valence-corrected chi connectivity index (χ3v) is 3.78. The molecule has 1 saturated heterocycles. The molecule has 21 heavy (non-hydrogen) atoms. The van der Waals surface area contributed by atoms with Crippen molar-refractivity contribution in [1.82, 2.24) is 16.2 Å². The lowest BCUT2D eigenvalue weighted by Gasteiger charge is -2.12. The first-order valence-corrected chi connectivity index (χ1v) is 7.62. The van der Waals surface area contributed by atoms with Crippen molar-refractivity contribution >= 4 is 27.7 Å². The fraction of sp³-hybridized carbons (Fsp3) is 0.429. The Hall–Kier alpha value is -1.60. The Balaban J connectivity index is 1.69. The number of hydrogen-bond acceptors (Lipinski definition) is 4. The summed E-state index contributed by atoms with van der Waals surface area (Å²) >= 11 is 3.43. The van der Waals surface area contributed by atoms with E-state index in [1.165, 1.54) is 0 Å². The van der Waals surface area contributed by atoms with Crippen LogP contribution >= 0.6 is 15.9 Å². The summed E-state index contributed by atoms with van der Waals surface area (Å²) in [6.45, 7) is 2.53. The molecule has 3 N–H and O–H groups in total. The number of benzene rings is 1. The number of aryl methyl sites for hydroxylation is 1. The molecule has 2 rings (SSSR count). The van der Waals surface area contributed by atoms with Crippen LogP contribution in [0.2, 0.25) is 0 Å². The molecule has 0 radical (unpaired) electrons. The molecule has 2 amide bonds. The van der Waals surface area contributed by atoms with Gasteiger partial charge >= 0.3 is 0 Å². The Morgan fingerprint density at radius 1 is 1.43 bits per heavy atom. The van der Waals surface area contributed by atoms with Crippen molar-refractivity contribution in [2.75, 3.05) is 13.2 Å². The average Bonchev–Trinajstić information content (AvgIpc) is 2.89. The molecule has 7 heteroatoms. The monoisotopic (exact) mass is 355 g/mol. The van der Waals surface area contributed by atoms with E-state index in [-0.39, 0.29) is 23.4 Å². The molecule has 6 nitrogen and oxygen atoms in total. The number of carbonyl (C=O) groups excluding carboxylic acids is 2. The van der Waals surface area contributed by atoms with Gasteiger partial charge in [0.15, 0.2) is 6.61 Å². The maximum Gasteiger partial charge on any atom is 0.276 e. The zero-order chi connectivity index (χ0) is 15.2. The number of rotatable bonds is 4. The molecule has 1 fully saturated rings. The van der Waals surface area contributed by atoms with Crippen LogP contribution in [0.4, 0.5) is 0 Å². The van der Waals surface area contributed by atoms with Crippen molar-refractivity contribution in [2.24, 2.45) is 0 Å². The van der Waals surface area contributed by atoms with E-state index in [0.717, 1.165) is 12.1 Å². The van der Waals surface area contributed by atoms with Gasteiger partial charge in [-0.05, 0) is 31.0 Å². The number of halogens is 1. The number of carbonyl (C=O) groups is 2. The Kier molecular flexibility index (Phi) is 5.58. The molecular weight excluding hydrogens is 338 g/mol. The van der Waals surface area contributed by atoms with Gasteiger partial charge in [-0.2, -0.15) is 0 Å². The van der Waals surface area contributed by atoms with Crippen LogP contribution in [0.15, 0.2) is 24.3 Å². The second-order valence-corrected chi connectivity index (χ2v) is 6.23. The summed E-state index contributed by atoms with van der Waals surface area (Å²) in [7, 11) is 0. The van der Waals surface area contributed by atoms with Crippen molar-refractivity contribution in [1.29, 1.82) is 0 Å². The van der Waals surface area contributed by atoms with Crippen LogP contribution in [0.5, 0.6) is 5.75 Å². The van der Waals surface area contributed by atoms with Gasteiger partial charge in [0.2, 0.25) is 0 Å². The highest BCUT2D eigenvalue weighted by atomic mass is 79.9. The zero-order valence-electron chi connectivity index (χ0n) is 11.7. The third-order valence-electron chi connectivity index (χ3n) is 3.08. The minimum atomic E-state index is -0.404. The predicted molar refractivity (Wildman–Crippen MR) is 82.1 cm³/mol. The normalized spacial score (nSPS) is 20.9. The fourth-order valence-electron chi connectivity index (χ4n) is 2.00. The van der Waals surface area contributed by atoms with E-state index in [9.17, 15) is 9.59 Å². The van der Waals surface area contributed by atoms with E-state index < -0.39 is 5.91 Å². The molecule has 1 aliphatic rings. The van der Waals surface area contributed by atoms with Crippen LogP contribution in [0, 0.1) is 6.92 Å². The van der Waals surface area contributed by atoms with Crippen molar-refractivity contribution in [3.8, 4) is 5.75 Å². The highest BCUT2D eigenvalue weighted by Gasteiger charge is 2.27. The van der Waals surface area contributed by atoms with Crippen molar-refractivity contribution in [3.05, 3.63) is 29.8 Å². The van der Waals surface area contributed by atoms with Crippen LogP contribution < -0.4 is 20.9 Å². The van der Waals surface area contributed by atoms with Crippen LogP contribution in [0.25, 0.3) is 0 Å². The molecule has 0 spiro atoms. The molecular formula is C14H18BrN3O3. The molecule has 1 aromatic rings. The zero-order valence-corrected chi connectivity index (χ0v) is 13.3. The van der Waals surface area contributed by atoms with Crippen LogP contribution in [-0.2, 0) is 9.59 Å². The van der Waals surface area contributed by atoms with Crippen LogP contribution in [0.3, 0.4) is 0 Å². The first kappa shape index (κ1) is 15.8.